The highest BCUT2D eigenvalue weighted by molar-refractivity contribution is 5.41. The quantitative estimate of drug-likeness (QED) is 0.570. The molecule has 0 bridgehead atoms. The maximum absolute atomic E-state index is 10.6. The van der Waals surface area contributed by atoms with Crippen LogP contribution in [0.5, 0.6) is 0 Å². The Kier molecular flexibility index (Phi) is 2.97. The molecule has 0 saturated heterocycles. The fraction of sp³-hybridized carbons (Fsp3) is 0.333. The van der Waals surface area contributed by atoms with Gasteiger partial charge in [-0.1, -0.05) is 18.2 Å². The Hall–Kier alpha value is -1.42. The summed E-state index contributed by atoms with van der Waals surface area (Å²) in [6, 6.07) is 6.75. The third kappa shape index (κ3) is 2.03. The first-order valence-electron chi connectivity index (χ1n) is 4.07. The van der Waals surface area contributed by atoms with E-state index < -0.39 is 0 Å². The van der Waals surface area contributed by atoms with E-state index in [2.05, 4.69) is 5.32 Å². The first-order valence-corrected chi connectivity index (χ1v) is 4.07. The van der Waals surface area contributed by atoms with Gasteiger partial charge in [0.15, 0.2) is 0 Å². The van der Waals surface area contributed by atoms with Gasteiger partial charge < -0.3 is 5.32 Å². The minimum Gasteiger partial charge on any atom is -0.313 e. The number of para-hydroxylation sites is 1. The molecule has 4 nitrogen and oxygen atoms in total. The van der Waals surface area contributed by atoms with Crippen LogP contribution in [0.2, 0.25) is 0 Å². The van der Waals surface area contributed by atoms with Crippen LogP contribution in [0.4, 0.5) is 5.69 Å². The van der Waals surface area contributed by atoms with E-state index in [9.17, 15) is 10.1 Å². The average molecular weight is 180 g/mol. The molecule has 0 aliphatic heterocycles. The maximum Gasteiger partial charge on any atom is 0.274 e. The van der Waals surface area contributed by atoms with Crippen LogP contribution >= 0.6 is 0 Å². The van der Waals surface area contributed by atoms with Crippen molar-refractivity contribution in [2.45, 2.75) is 13.0 Å². The Bertz CT molecular complexity index is 312. The number of nitrogens with zero attached hydrogens (tertiary/aromatic N) is 1. The van der Waals surface area contributed by atoms with Crippen LogP contribution in [0, 0.1) is 10.1 Å². The van der Waals surface area contributed by atoms with Crippen molar-refractivity contribution < 1.29 is 4.92 Å². The minimum absolute atomic E-state index is 0.00148. The number of nitro benzene ring substituents is 1. The van der Waals surface area contributed by atoms with Gasteiger partial charge in [-0.2, -0.15) is 0 Å². The summed E-state index contributed by atoms with van der Waals surface area (Å²) in [5.41, 5.74) is 0.888. The lowest BCUT2D eigenvalue weighted by Gasteiger charge is -2.09. The van der Waals surface area contributed by atoms with Crippen LogP contribution < -0.4 is 5.32 Å². The highest BCUT2D eigenvalue weighted by Gasteiger charge is 2.15. The molecular weight excluding hydrogens is 168 g/mol. The lowest BCUT2D eigenvalue weighted by atomic mass is 10.1. The number of benzene rings is 1. The molecule has 0 saturated carbocycles. The Labute approximate surface area is 76.7 Å². The third-order valence-electron chi connectivity index (χ3n) is 2.03. The Morgan fingerprint density at radius 2 is 2.08 bits per heavy atom. The molecule has 0 heterocycles. The van der Waals surface area contributed by atoms with Gasteiger partial charge in [0.05, 0.1) is 4.92 Å². The first-order chi connectivity index (χ1) is 6.16. The topological polar surface area (TPSA) is 55.2 Å². The molecular formula is C9H12N2O2. The SMILES string of the molecule is CN[C@H](C)c1ccccc1[N+](=O)[O-]. The van der Waals surface area contributed by atoms with Crippen molar-refractivity contribution in [3.8, 4) is 0 Å². The van der Waals surface area contributed by atoms with E-state index in [1.54, 1.807) is 25.2 Å². The summed E-state index contributed by atoms with van der Waals surface area (Å²) < 4.78 is 0. The normalized spacial score (nSPS) is 12.5. The summed E-state index contributed by atoms with van der Waals surface area (Å²) in [5.74, 6) is 0. The molecule has 1 atom stereocenters. The molecule has 0 radical (unpaired) electrons. The fourth-order valence-electron chi connectivity index (χ4n) is 1.18. The Balaban J connectivity index is 3.11. The van der Waals surface area contributed by atoms with Gasteiger partial charge in [-0.3, -0.25) is 10.1 Å². The second-order valence-electron chi connectivity index (χ2n) is 2.83. The second-order valence-corrected chi connectivity index (χ2v) is 2.83. The molecule has 70 valence electrons. The number of rotatable bonds is 3. The summed E-state index contributed by atoms with van der Waals surface area (Å²) in [6.07, 6.45) is 0. The number of hydrogen-bond donors (Lipinski definition) is 1. The lowest BCUT2D eigenvalue weighted by Crippen LogP contribution is -2.13. The third-order valence-corrected chi connectivity index (χ3v) is 2.03. The summed E-state index contributed by atoms with van der Waals surface area (Å²) in [5, 5.41) is 13.6. The van der Waals surface area contributed by atoms with Crippen LogP contribution in [0.25, 0.3) is 0 Å². The van der Waals surface area contributed by atoms with E-state index in [1.807, 2.05) is 6.92 Å². The summed E-state index contributed by atoms with van der Waals surface area (Å²) in [4.78, 5) is 10.3. The zero-order valence-corrected chi connectivity index (χ0v) is 7.65. The molecule has 13 heavy (non-hydrogen) atoms. The molecule has 0 aliphatic rings. The van der Waals surface area contributed by atoms with Gasteiger partial charge in [0.1, 0.15) is 0 Å². The molecule has 1 aromatic rings. The molecule has 0 aliphatic carbocycles. The van der Waals surface area contributed by atoms with E-state index in [0.29, 0.717) is 0 Å². The van der Waals surface area contributed by atoms with Crippen molar-refractivity contribution in [3.05, 3.63) is 39.9 Å². The van der Waals surface area contributed by atoms with Crippen molar-refractivity contribution in [2.75, 3.05) is 7.05 Å². The maximum atomic E-state index is 10.6. The van der Waals surface area contributed by atoms with Crippen LogP contribution in [0.1, 0.15) is 18.5 Å². The monoisotopic (exact) mass is 180 g/mol. The van der Waals surface area contributed by atoms with Crippen LogP contribution in [-0.2, 0) is 0 Å². The fourth-order valence-corrected chi connectivity index (χ4v) is 1.18. The smallest absolute Gasteiger partial charge is 0.274 e. The van der Waals surface area contributed by atoms with Crippen molar-refractivity contribution in [1.82, 2.24) is 5.32 Å². The van der Waals surface area contributed by atoms with E-state index in [0.717, 1.165) is 5.56 Å². The second kappa shape index (κ2) is 4.00. The number of hydrogen-bond acceptors (Lipinski definition) is 3. The number of nitrogens with one attached hydrogen (secondary N) is 1. The molecule has 1 aromatic carbocycles. The van der Waals surface area contributed by atoms with Gasteiger partial charge in [0.2, 0.25) is 0 Å². The predicted octanol–water partition coefficient (Wildman–Crippen LogP) is 1.88. The molecule has 0 aromatic heterocycles. The molecule has 1 N–H and O–H groups in total. The molecule has 4 heteroatoms. The van der Waals surface area contributed by atoms with E-state index >= 15 is 0 Å². The first kappa shape index (κ1) is 9.67. The highest BCUT2D eigenvalue weighted by atomic mass is 16.6. The molecule has 1 rings (SSSR count). The zero-order valence-electron chi connectivity index (χ0n) is 7.65. The largest absolute Gasteiger partial charge is 0.313 e. The van der Waals surface area contributed by atoms with E-state index in [-0.39, 0.29) is 16.7 Å². The van der Waals surface area contributed by atoms with Gasteiger partial charge in [-0.15, -0.1) is 0 Å². The van der Waals surface area contributed by atoms with Gasteiger partial charge in [0.25, 0.3) is 5.69 Å². The van der Waals surface area contributed by atoms with Crippen molar-refractivity contribution >= 4 is 5.69 Å². The van der Waals surface area contributed by atoms with E-state index in [4.69, 9.17) is 0 Å². The lowest BCUT2D eigenvalue weighted by molar-refractivity contribution is -0.385. The van der Waals surface area contributed by atoms with Gasteiger partial charge in [0, 0.05) is 17.7 Å². The van der Waals surface area contributed by atoms with Crippen molar-refractivity contribution in [3.63, 3.8) is 0 Å². The van der Waals surface area contributed by atoms with Crippen molar-refractivity contribution in [2.24, 2.45) is 0 Å². The van der Waals surface area contributed by atoms with Crippen LogP contribution in [0.15, 0.2) is 24.3 Å². The van der Waals surface area contributed by atoms with Crippen LogP contribution in [0.3, 0.4) is 0 Å². The summed E-state index contributed by atoms with van der Waals surface area (Å²) in [6.45, 7) is 1.89. The summed E-state index contributed by atoms with van der Waals surface area (Å²) >= 11 is 0. The average Bonchev–Trinajstić information content (AvgIpc) is 2.16. The molecule has 0 unspecified atom stereocenters. The predicted molar refractivity (Wildman–Crippen MR) is 50.6 cm³/mol. The molecule has 0 spiro atoms. The Morgan fingerprint density at radius 1 is 1.46 bits per heavy atom. The van der Waals surface area contributed by atoms with Crippen molar-refractivity contribution in [1.29, 1.82) is 0 Å². The van der Waals surface area contributed by atoms with Gasteiger partial charge >= 0.3 is 0 Å². The van der Waals surface area contributed by atoms with E-state index in [1.165, 1.54) is 6.07 Å². The van der Waals surface area contributed by atoms with Crippen LogP contribution in [-0.4, -0.2) is 12.0 Å². The summed E-state index contributed by atoms with van der Waals surface area (Å²) in [7, 11) is 1.78. The standard InChI is InChI=1S/C9H12N2O2/c1-7(10-2)8-5-3-4-6-9(8)11(12)13/h3-7,10H,1-2H3/t7-/m1/s1. The van der Waals surface area contributed by atoms with Gasteiger partial charge in [-0.25, -0.2) is 0 Å². The zero-order chi connectivity index (χ0) is 9.84. The molecule has 0 fully saturated rings. The minimum atomic E-state index is -0.358. The Morgan fingerprint density at radius 3 is 2.62 bits per heavy atom. The highest BCUT2D eigenvalue weighted by Crippen LogP contribution is 2.23. The van der Waals surface area contributed by atoms with Gasteiger partial charge in [-0.05, 0) is 14.0 Å². The number of nitro groups is 1. The molecule has 0 amide bonds.